The van der Waals surface area contributed by atoms with Crippen molar-refractivity contribution in [3.8, 4) is 0 Å². The van der Waals surface area contributed by atoms with Crippen molar-refractivity contribution in [2.45, 2.75) is 38.1 Å². The second-order valence-electron chi connectivity index (χ2n) is 6.17. The zero-order valence-corrected chi connectivity index (χ0v) is 11.5. The molecule has 1 atom stereocenters. The van der Waals surface area contributed by atoms with E-state index in [1.54, 1.807) is 0 Å². The lowest BCUT2D eigenvalue weighted by atomic mass is 9.88. The number of likely N-dealkylation sites (tertiary alicyclic amines) is 3. The Balaban J connectivity index is 1.61. The number of hydrogen-bond donors (Lipinski definition) is 0. The van der Waals surface area contributed by atoms with Crippen LogP contribution in [-0.2, 0) is 0 Å². The Morgan fingerprint density at radius 2 is 1.67 bits per heavy atom. The largest absolute Gasteiger partial charge is 0.325 e. The Kier molecular flexibility index (Phi) is 3.46. The zero-order valence-electron chi connectivity index (χ0n) is 11.5. The van der Waals surface area contributed by atoms with Gasteiger partial charge in [-0.15, -0.1) is 0 Å². The monoisotopic (exact) mass is 251 g/mol. The van der Waals surface area contributed by atoms with Crippen LogP contribution in [0.5, 0.6) is 0 Å². The summed E-state index contributed by atoms with van der Waals surface area (Å²) in [5.74, 6) is 0.744. The topological polar surface area (TPSA) is 26.8 Å². The summed E-state index contributed by atoms with van der Waals surface area (Å²) in [4.78, 5) is 19.0. The van der Waals surface area contributed by atoms with Crippen LogP contribution < -0.4 is 0 Å². The first-order valence-corrected chi connectivity index (χ1v) is 7.50. The third-order valence-electron chi connectivity index (χ3n) is 4.98. The lowest BCUT2D eigenvalue weighted by Crippen LogP contribution is -2.53. The molecule has 0 spiro atoms. The van der Waals surface area contributed by atoms with Crippen molar-refractivity contribution >= 4 is 6.03 Å². The summed E-state index contributed by atoms with van der Waals surface area (Å²) in [6.45, 7) is 5.36. The van der Waals surface area contributed by atoms with Gasteiger partial charge in [-0.05, 0) is 58.2 Å². The van der Waals surface area contributed by atoms with E-state index < -0.39 is 0 Å². The Hall–Kier alpha value is -0.770. The number of urea groups is 1. The maximum atomic E-state index is 12.4. The molecule has 0 aromatic rings. The van der Waals surface area contributed by atoms with Crippen molar-refractivity contribution in [3.05, 3.63) is 0 Å². The maximum Gasteiger partial charge on any atom is 0.320 e. The van der Waals surface area contributed by atoms with Crippen molar-refractivity contribution in [2.24, 2.45) is 5.92 Å². The Labute approximate surface area is 110 Å². The molecule has 0 saturated carbocycles. The van der Waals surface area contributed by atoms with Crippen molar-refractivity contribution in [3.63, 3.8) is 0 Å². The first-order valence-electron chi connectivity index (χ1n) is 7.50. The number of rotatable bonds is 1. The first kappa shape index (κ1) is 12.3. The normalized spacial score (nSPS) is 30.6. The molecule has 0 aromatic heterocycles. The van der Waals surface area contributed by atoms with Gasteiger partial charge in [0.05, 0.1) is 0 Å². The van der Waals surface area contributed by atoms with Gasteiger partial charge in [0.25, 0.3) is 0 Å². The average molecular weight is 251 g/mol. The van der Waals surface area contributed by atoms with E-state index in [0.29, 0.717) is 12.1 Å². The van der Waals surface area contributed by atoms with E-state index in [9.17, 15) is 4.79 Å². The zero-order chi connectivity index (χ0) is 12.5. The van der Waals surface area contributed by atoms with Crippen LogP contribution in [0.2, 0.25) is 0 Å². The fraction of sp³-hybridized carbons (Fsp3) is 0.929. The number of hydrogen-bond acceptors (Lipinski definition) is 2. The molecule has 0 bridgehead atoms. The van der Waals surface area contributed by atoms with Crippen LogP contribution in [0.1, 0.15) is 32.1 Å². The summed E-state index contributed by atoms with van der Waals surface area (Å²) in [7, 11) is 2.20. The molecular formula is C14H25N3O. The molecule has 102 valence electrons. The summed E-state index contributed by atoms with van der Waals surface area (Å²) >= 11 is 0. The molecule has 0 unspecified atom stereocenters. The molecule has 4 nitrogen and oxygen atoms in total. The van der Waals surface area contributed by atoms with Gasteiger partial charge >= 0.3 is 6.03 Å². The van der Waals surface area contributed by atoms with Crippen molar-refractivity contribution in [2.75, 3.05) is 39.8 Å². The quantitative estimate of drug-likeness (QED) is 0.708. The van der Waals surface area contributed by atoms with Crippen LogP contribution in [0, 0.1) is 5.92 Å². The highest BCUT2D eigenvalue weighted by atomic mass is 16.2. The highest BCUT2D eigenvalue weighted by Crippen LogP contribution is 2.32. The number of carbonyl (C=O) groups excluding carboxylic acids is 1. The molecule has 0 aliphatic carbocycles. The minimum absolute atomic E-state index is 0.322. The third kappa shape index (κ3) is 2.22. The molecule has 3 aliphatic rings. The van der Waals surface area contributed by atoms with E-state index in [1.165, 1.54) is 45.2 Å². The van der Waals surface area contributed by atoms with E-state index in [0.717, 1.165) is 25.6 Å². The number of amides is 2. The molecule has 0 radical (unpaired) electrons. The smallest absolute Gasteiger partial charge is 0.320 e. The number of piperidine rings is 1. The molecule has 0 aromatic carbocycles. The lowest BCUT2D eigenvalue weighted by Gasteiger charge is -2.41. The van der Waals surface area contributed by atoms with Crippen molar-refractivity contribution < 1.29 is 4.79 Å². The average Bonchev–Trinajstić information content (AvgIpc) is 2.76. The van der Waals surface area contributed by atoms with Gasteiger partial charge in [0.1, 0.15) is 0 Å². The van der Waals surface area contributed by atoms with Crippen LogP contribution in [0.15, 0.2) is 0 Å². The van der Waals surface area contributed by atoms with Crippen LogP contribution in [0.3, 0.4) is 0 Å². The van der Waals surface area contributed by atoms with Gasteiger partial charge in [-0.2, -0.15) is 0 Å². The Morgan fingerprint density at radius 3 is 2.28 bits per heavy atom. The van der Waals surface area contributed by atoms with Crippen LogP contribution in [0.25, 0.3) is 0 Å². The standard InChI is InChI=1S/C14H25N3O/c1-15-10-5-12(6-11-15)13-4-2-9-17(13)14(18)16-7-3-8-16/h12-13H,2-11H2,1H3/t13-/m0/s1. The molecule has 3 heterocycles. The van der Waals surface area contributed by atoms with E-state index in [-0.39, 0.29) is 0 Å². The Bertz CT molecular complexity index is 308. The molecule has 3 fully saturated rings. The van der Waals surface area contributed by atoms with Gasteiger partial charge < -0.3 is 14.7 Å². The summed E-state index contributed by atoms with van der Waals surface area (Å²) in [6.07, 6.45) is 6.17. The highest BCUT2D eigenvalue weighted by molar-refractivity contribution is 5.75. The number of nitrogens with zero attached hydrogens (tertiary/aromatic N) is 3. The predicted molar refractivity (Wildman–Crippen MR) is 71.5 cm³/mol. The molecule has 0 N–H and O–H groups in total. The highest BCUT2D eigenvalue weighted by Gasteiger charge is 2.38. The number of carbonyl (C=O) groups is 1. The minimum Gasteiger partial charge on any atom is -0.325 e. The second kappa shape index (κ2) is 5.08. The van der Waals surface area contributed by atoms with E-state index in [2.05, 4.69) is 16.8 Å². The van der Waals surface area contributed by atoms with Gasteiger partial charge in [-0.1, -0.05) is 0 Å². The summed E-state index contributed by atoms with van der Waals surface area (Å²) < 4.78 is 0. The van der Waals surface area contributed by atoms with Crippen molar-refractivity contribution in [1.29, 1.82) is 0 Å². The second-order valence-corrected chi connectivity index (χ2v) is 6.17. The fourth-order valence-electron chi connectivity index (χ4n) is 3.62. The van der Waals surface area contributed by atoms with Gasteiger partial charge in [-0.25, -0.2) is 4.79 Å². The van der Waals surface area contributed by atoms with Crippen LogP contribution in [0.4, 0.5) is 4.79 Å². The van der Waals surface area contributed by atoms with Gasteiger partial charge in [0.2, 0.25) is 0 Å². The van der Waals surface area contributed by atoms with E-state index in [4.69, 9.17) is 0 Å². The third-order valence-corrected chi connectivity index (χ3v) is 4.98. The SMILES string of the molecule is CN1CCC([C@@H]2CCCN2C(=O)N2CCC2)CC1. The first-order chi connectivity index (χ1) is 8.75. The predicted octanol–water partition coefficient (Wildman–Crippen LogP) is 1.62. The minimum atomic E-state index is 0.322. The molecular weight excluding hydrogens is 226 g/mol. The lowest BCUT2D eigenvalue weighted by molar-refractivity contribution is 0.0945. The van der Waals surface area contributed by atoms with Gasteiger partial charge in [0, 0.05) is 25.7 Å². The summed E-state index contributed by atoms with van der Waals surface area (Å²) in [5, 5.41) is 0. The molecule has 2 amide bonds. The molecule has 4 heteroatoms. The molecule has 3 aliphatic heterocycles. The van der Waals surface area contributed by atoms with Crippen molar-refractivity contribution in [1.82, 2.24) is 14.7 Å². The Morgan fingerprint density at radius 1 is 0.944 bits per heavy atom. The van der Waals surface area contributed by atoms with Gasteiger partial charge in [-0.3, -0.25) is 0 Å². The van der Waals surface area contributed by atoms with E-state index >= 15 is 0 Å². The van der Waals surface area contributed by atoms with Crippen LogP contribution in [-0.4, -0.2) is 66.5 Å². The summed E-state index contributed by atoms with van der Waals surface area (Å²) in [6, 6.07) is 0.856. The molecule has 3 saturated heterocycles. The molecule has 18 heavy (non-hydrogen) atoms. The summed E-state index contributed by atoms with van der Waals surface area (Å²) in [5.41, 5.74) is 0. The van der Waals surface area contributed by atoms with E-state index in [1.807, 2.05) is 4.90 Å². The fourth-order valence-corrected chi connectivity index (χ4v) is 3.62. The van der Waals surface area contributed by atoms with Gasteiger partial charge in [0.15, 0.2) is 0 Å². The molecule has 3 rings (SSSR count). The van der Waals surface area contributed by atoms with Crippen LogP contribution >= 0.6 is 0 Å². The maximum absolute atomic E-state index is 12.4.